The molecule has 2 aromatic heterocycles. The number of aryl methyl sites for hydroxylation is 2. The quantitative estimate of drug-likeness (QED) is 0.846. The third-order valence-electron chi connectivity index (χ3n) is 3.68. The fraction of sp³-hybridized carbons (Fsp3) is 0.462. The molecule has 3 rings (SSSR count). The fourth-order valence-electron chi connectivity index (χ4n) is 2.76. The first-order chi connectivity index (χ1) is 10.00. The summed E-state index contributed by atoms with van der Waals surface area (Å²) in [5.41, 5.74) is 1.21. The lowest BCUT2D eigenvalue weighted by Crippen LogP contribution is -2.31. The second-order valence-electron chi connectivity index (χ2n) is 5.16. The zero-order chi connectivity index (χ0) is 15.0. The normalized spacial score (nSPS) is 20.0. The SMILES string of the molecule is Cc1nn(C)cc1S(=O)(=O)N1CCC[C@H]1c1cnccn1. The Bertz CT molecular complexity index is 741. The summed E-state index contributed by atoms with van der Waals surface area (Å²) in [6.07, 6.45) is 7.94. The first kappa shape index (κ1) is 14.2. The summed E-state index contributed by atoms with van der Waals surface area (Å²) in [7, 11) is -1.85. The predicted octanol–water partition coefficient (Wildman–Crippen LogP) is 1.04. The van der Waals surface area contributed by atoms with Crippen LogP contribution < -0.4 is 0 Å². The molecule has 0 spiro atoms. The number of aromatic nitrogens is 4. The molecule has 3 heterocycles. The van der Waals surface area contributed by atoms with Gasteiger partial charge in [-0.3, -0.25) is 14.6 Å². The molecule has 2 aromatic rings. The molecule has 0 N–H and O–H groups in total. The van der Waals surface area contributed by atoms with Crippen LogP contribution in [0.4, 0.5) is 0 Å². The summed E-state index contributed by atoms with van der Waals surface area (Å²) in [4.78, 5) is 8.56. The Morgan fingerprint density at radius 1 is 1.33 bits per heavy atom. The third kappa shape index (κ3) is 2.44. The van der Waals surface area contributed by atoms with Gasteiger partial charge in [-0.15, -0.1) is 0 Å². The topological polar surface area (TPSA) is 81.0 Å². The first-order valence-corrected chi connectivity index (χ1v) is 8.22. The molecule has 0 unspecified atom stereocenters. The van der Waals surface area contributed by atoms with E-state index in [2.05, 4.69) is 15.1 Å². The molecule has 0 amide bonds. The van der Waals surface area contributed by atoms with Crippen LogP contribution >= 0.6 is 0 Å². The molecule has 0 saturated carbocycles. The molecule has 0 bridgehead atoms. The minimum atomic E-state index is -3.56. The monoisotopic (exact) mass is 307 g/mol. The van der Waals surface area contributed by atoms with Gasteiger partial charge in [0.2, 0.25) is 10.0 Å². The van der Waals surface area contributed by atoms with Gasteiger partial charge in [-0.1, -0.05) is 0 Å². The Morgan fingerprint density at radius 3 is 2.76 bits per heavy atom. The van der Waals surface area contributed by atoms with E-state index in [4.69, 9.17) is 0 Å². The maximum atomic E-state index is 12.9. The van der Waals surface area contributed by atoms with E-state index >= 15 is 0 Å². The Morgan fingerprint density at radius 2 is 2.14 bits per heavy atom. The van der Waals surface area contributed by atoms with Gasteiger partial charge in [0.25, 0.3) is 0 Å². The molecule has 21 heavy (non-hydrogen) atoms. The van der Waals surface area contributed by atoms with E-state index in [1.807, 2.05) is 0 Å². The third-order valence-corrected chi connectivity index (χ3v) is 5.69. The van der Waals surface area contributed by atoms with Crippen LogP contribution in [0.1, 0.15) is 30.3 Å². The van der Waals surface area contributed by atoms with Gasteiger partial charge in [0.05, 0.1) is 23.6 Å². The van der Waals surface area contributed by atoms with Crippen LogP contribution in [-0.2, 0) is 17.1 Å². The average Bonchev–Trinajstić information content (AvgIpc) is 3.07. The van der Waals surface area contributed by atoms with Gasteiger partial charge in [0.15, 0.2) is 0 Å². The molecule has 8 heteroatoms. The highest BCUT2D eigenvalue weighted by molar-refractivity contribution is 7.89. The number of rotatable bonds is 3. The molecule has 0 radical (unpaired) electrons. The molecular weight excluding hydrogens is 290 g/mol. The Balaban J connectivity index is 2.00. The summed E-state index contributed by atoms with van der Waals surface area (Å²) < 4.78 is 28.8. The maximum absolute atomic E-state index is 12.9. The number of nitrogens with zero attached hydrogens (tertiary/aromatic N) is 5. The highest BCUT2D eigenvalue weighted by Gasteiger charge is 2.38. The van der Waals surface area contributed by atoms with E-state index in [1.165, 1.54) is 8.99 Å². The lowest BCUT2D eigenvalue weighted by atomic mass is 10.2. The number of hydrogen-bond donors (Lipinski definition) is 0. The number of sulfonamides is 1. The van der Waals surface area contributed by atoms with Gasteiger partial charge in [-0.25, -0.2) is 8.42 Å². The Labute approximate surface area is 123 Å². The van der Waals surface area contributed by atoms with E-state index < -0.39 is 10.0 Å². The van der Waals surface area contributed by atoms with Crippen LogP contribution in [0.3, 0.4) is 0 Å². The first-order valence-electron chi connectivity index (χ1n) is 6.78. The summed E-state index contributed by atoms with van der Waals surface area (Å²) in [6, 6.07) is -0.247. The van der Waals surface area contributed by atoms with Crippen molar-refractivity contribution in [3.05, 3.63) is 36.2 Å². The molecule has 0 aliphatic carbocycles. The molecule has 1 aliphatic heterocycles. The molecular formula is C13H17N5O2S. The molecule has 1 fully saturated rings. The van der Waals surface area contributed by atoms with Gasteiger partial charge in [0.1, 0.15) is 4.90 Å². The molecule has 112 valence electrons. The molecule has 1 atom stereocenters. The van der Waals surface area contributed by atoms with E-state index in [1.54, 1.807) is 38.8 Å². The van der Waals surface area contributed by atoms with Crippen molar-refractivity contribution in [1.82, 2.24) is 24.1 Å². The standard InChI is InChI=1S/C13H17N5O2S/c1-10-13(9-17(2)16-10)21(19,20)18-7-3-4-12(18)11-8-14-5-6-15-11/h5-6,8-9,12H,3-4,7H2,1-2H3/t12-/m0/s1. The van der Waals surface area contributed by atoms with Crippen molar-refractivity contribution < 1.29 is 8.42 Å². The lowest BCUT2D eigenvalue weighted by molar-refractivity contribution is 0.389. The van der Waals surface area contributed by atoms with Crippen molar-refractivity contribution in [3.8, 4) is 0 Å². The van der Waals surface area contributed by atoms with Crippen LogP contribution in [0.5, 0.6) is 0 Å². The molecule has 7 nitrogen and oxygen atoms in total. The largest absolute Gasteiger partial charge is 0.274 e. The van der Waals surface area contributed by atoms with Crippen LogP contribution in [0.15, 0.2) is 29.7 Å². The van der Waals surface area contributed by atoms with Crippen LogP contribution in [0.2, 0.25) is 0 Å². The molecule has 1 saturated heterocycles. The summed E-state index contributed by atoms with van der Waals surface area (Å²) in [6.45, 7) is 2.21. The van der Waals surface area contributed by atoms with E-state index in [9.17, 15) is 8.42 Å². The van der Waals surface area contributed by atoms with Gasteiger partial charge in [0, 0.05) is 32.2 Å². The van der Waals surface area contributed by atoms with Crippen molar-refractivity contribution >= 4 is 10.0 Å². The maximum Gasteiger partial charge on any atom is 0.247 e. The Hall–Kier alpha value is -1.80. The van der Waals surface area contributed by atoms with Crippen LogP contribution in [0.25, 0.3) is 0 Å². The Kier molecular flexibility index (Phi) is 3.50. The minimum absolute atomic E-state index is 0.247. The highest BCUT2D eigenvalue weighted by Crippen LogP contribution is 2.35. The minimum Gasteiger partial charge on any atom is -0.274 e. The zero-order valence-electron chi connectivity index (χ0n) is 12.0. The van der Waals surface area contributed by atoms with Crippen molar-refractivity contribution in [1.29, 1.82) is 0 Å². The summed E-state index contributed by atoms with van der Waals surface area (Å²) in [5, 5.41) is 4.13. The fourth-order valence-corrected chi connectivity index (χ4v) is 4.63. The highest BCUT2D eigenvalue weighted by atomic mass is 32.2. The van der Waals surface area contributed by atoms with Gasteiger partial charge in [-0.2, -0.15) is 9.40 Å². The zero-order valence-corrected chi connectivity index (χ0v) is 12.8. The summed E-state index contributed by atoms with van der Waals surface area (Å²) >= 11 is 0. The number of hydrogen-bond acceptors (Lipinski definition) is 5. The predicted molar refractivity (Wildman–Crippen MR) is 75.8 cm³/mol. The molecule has 0 aromatic carbocycles. The molecule has 1 aliphatic rings. The smallest absolute Gasteiger partial charge is 0.247 e. The van der Waals surface area contributed by atoms with Crippen molar-refractivity contribution in [2.45, 2.75) is 30.7 Å². The van der Waals surface area contributed by atoms with Crippen LogP contribution in [-0.4, -0.2) is 39.0 Å². The average molecular weight is 307 g/mol. The van der Waals surface area contributed by atoms with Gasteiger partial charge >= 0.3 is 0 Å². The van der Waals surface area contributed by atoms with Crippen LogP contribution in [0, 0.1) is 6.92 Å². The lowest BCUT2D eigenvalue weighted by Gasteiger charge is -2.23. The van der Waals surface area contributed by atoms with Gasteiger partial charge in [-0.05, 0) is 19.8 Å². The van der Waals surface area contributed by atoms with E-state index in [0.717, 1.165) is 12.8 Å². The van der Waals surface area contributed by atoms with Crippen molar-refractivity contribution in [2.75, 3.05) is 6.54 Å². The van der Waals surface area contributed by atoms with Gasteiger partial charge < -0.3 is 0 Å². The van der Waals surface area contributed by atoms with E-state index in [-0.39, 0.29) is 10.9 Å². The second-order valence-corrected chi connectivity index (χ2v) is 7.02. The van der Waals surface area contributed by atoms with E-state index in [0.29, 0.717) is 17.9 Å². The van der Waals surface area contributed by atoms with Crippen molar-refractivity contribution in [2.24, 2.45) is 7.05 Å². The summed E-state index contributed by atoms with van der Waals surface area (Å²) in [5.74, 6) is 0. The van der Waals surface area contributed by atoms with Crippen molar-refractivity contribution in [3.63, 3.8) is 0 Å². The second kappa shape index (κ2) is 5.19.